The minimum absolute atomic E-state index is 0.0940. The normalized spacial score (nSPS) is 14.5. The lowest BCUT2D eigenvalue weighted by Crippen LogP contribution is -2.36. The van der Waals surface area contributed by atoms with Gasteiger partial charge < -0.3 is 9.64 Å². The number of carbonyl (C=O) groups is 1. The first-order valence-corrected chi connectivity index (χ1v) is 6.19. The van der Waals surface area contributed by atoms with E-state index in [2.05, 4.69) is 0 Å². The number of benzene rings is 1. The second-order valence-electron chi connectivity index (χ2n) is 4.52. The molecular weight excluding hydrogens is 214 g/mol. The topological polar surface area (TPSA) is 29.5 Å². The van der Waals surface area contributed by atoms with E-state index in [1.165, 1.54) is 0 Å². The van der Waals surface area contributed by atoms with Crippen molar-refractivity contribution >= 4 is 5.91 Å². The Bertz CT molecular complexity index is 399. The largest absolute Gasteiger partial charge is 0.484 e. The van der Waals surface area contributed by atoms with Crippen LogP contribution in [0.1, 0.15) is 25.3 Å². The van der Waals surface area contributed by atoms with Crippen LogP contribution >= 0.6 is 0 Å². The minimum Gasteiger partial charge on any atom is -0.484 e. The average molecular weight is 233 g/mol. The predicted molar refractivity (Wildman–Crippen MR) is 67.1 cm³/mol. The summed E-state index contributed by atoms with van der Waals surface area (Å²) in [5.74, 6) is 0.863. The van der Waals surface area contributed by atoms with E-state index in [-0.39, 0.29) is 12.5 Å². The van der Waals surface area contributed by atoms with E-state index in [4.69, 9.17) is 4.74 Å². The van der Waals surface area contributed by atoms with Gasteiger partial charge in [0.2, 0.25) is 0 Å². The summed E-state index contributed by atoms with van der Waals surface area (Å²) in [7, 11) is 0. The average Bonchev–Trinajstić information content (AvgIpc) is 3.12. The number of rotatable bonds is 5. The van der Waals surface area contributed by atoms with Crippen molar-refractivity contribution < 1.29 is 9.53 Å². The van der Waals surface area contributed by atoms with E-state index in [0.717, 1.165) is 30.7 Å². The Kier molecular flexibility index (Phi) is 3.67. The molecule has 0 saturated heterocycles. The molecule has 0 spiro atoms. The Labute approximate surface area is 102 Å². The number of hydrogen-bond acceptors (Lipinski definition) is 2. The van der Waals surface area contributed by atoms with Crippen LogP contribution in [0.25, 0.3) is 0 Å². The molecule has 0 aromatic heterocycles. The monoisotopic (exact) mass is 233 g/mol. The molecule has 3 heteroatoms. The highest BCUT2D eigenvalue weighted by molar-refractivity contribution is 5.78. The van der Waals surface area contributed by atoms with Crippen molar-refractivity contribution in [3.63, 3.8) is 0 Å². The van der Waals surface area contributed by atoms with Gasteiger partial charge in [0.15, 0.2) is 6.61 Å². The predicted octanol–water partition coefficient (Wildman–Crippen LogP) is 2.38. The molecule has 92 valence electrons. The highest BCUT2D eigenvalue weighted by atomic mass is 16.5. The molecule has 0 N–H and O–H groups in total. The highest BCUT2D eigenvalue weighted by Crippen LogP contribution is 2.26. The third-order valence-electron chi connectivity index (χ3n) is 3.00. The van der Waals surface area contributed by atoms with E-state index in [9.17, 15) is 4.79 Å². The van der Waals surface area contributed by atoms with Crippen molar-refractivity contribution in [1.82, 2.24) is 4.90 Å². The molecule has 2 rings (SSSR count). The Morgan fingerprint density at radius 1 is 1.47 bits per heavy atom. The third-order valence-corrected chi connectivity index (χ3v) is 3.00. The van der Waals surface area contributed by atoms with Crippen LogP contribution in [0.4, 0.5) is 0 Å². The second-order valence-corrected chi connectivity index (χ2v) is 4.52. The van der Waals surface area contributed by atoms with Crippen LogP contribution in [-0.2, 0) is 4.79 Å². The van der Waals surface area contributed by atoms with Gasteiger partial charge >= 0.3 is 0 Å². The lowest BCUT2D eigenvalue weighted by Gasteiger charge is -2.20. The zero-order valence-electron chi connectivity index (χ0n) is 10.5. The van der Waals surface area contributed by atoms with Crippen molar-refractivity contribution in [3.8, 4) is 5.75 Å². The van der Waals surface area contributed by atoms with E-state index >= 15 is 0 Å². The standard InChI is InChI=1S/C14H19NO2/c1-3-15(12-7-8-12)14(16)10-17-13-6-4-5-11(2)9-13/h4-6,9,12H,3,7-8,10H2,1-2H3. The molecule has 1 fully saturated rings. The quantitative estimate of drug-likeness (QED) is 0.781. The Morgan fingerprint density at radius 2 is 2.24 bits per heavy atom. The molecular formula is C14H19NO2. The molecule has 1 aromatic rings. The van der Waals surface area contributed by atoms with Gasteiger partial charge in [-0.3, -0.25) is 4.79 Å². The van der Waals surface area contributed by atoms with Crippen molar-refractivity contribution in [2.75, 3.05) is 13.2 Å². The second kappa shape index (κ2) is 5.21. The maximum absolute atomic E-state index is 11.9. The number of amides is 1. The van der Waals surface area contributed by atoms with Gasteiger partial charge in [-0.1, -0.05) is 12.1 Å². The van der Waals surface area contributed by atoms with Gasteiger partial charge in [-0.2, -0.15) is 0 Å². The molecule has 0 bridgehead atoms. The van der Waals surface area contributed by atoms with E-state index in [1.807, 2.05) is 43.0 Å². The zero-order chi connectivity index (χ0) is 12.3. The number of carbonyl (C=O) groups excluding carboxylic acids is 1. The van der Waals surface area contributed by atoms with Crippen LogP contribution in [-0.4, -0.2) is 30.0 Å². The maximum atomic E-state index is 11.9. The fraction of sp³-hybridized carbons (Fsp3) is 0.500. The SMILES string of the molecule is CCN(C(=O)COc1cccc(C)c1)C1CC1. The lowest BCUT2D eigenvalue weighted by atomic mass is 10.2. The van der Waals surface area contributed by atoms with Crippen molar-refractivity contribution in [3.05, 3.63) is 29.8 Å². The van der Waals surface area contributed by atoms with Gasteiger partial charge in [-0.15, -0.1) is 0 Å². The lowest BCUT2D eigenvalue weighted by molar-refractivity contribution is -0.133. The molecule has 1 saturated carbocycles. The van der Waals surface area contributed by atoms with E-state index in [0.29, 0.717) is 6.04 Å². The molecule has 3 nitrogen and oxygen atoms in total. The van der Waals surface area contributed by atoms with Crippen LogP contribution < -0.4 is 4.74 Å². The van der Waals surface area contributed by atoms with Crippen LogP contribution in [0.3, 0.4) is 0 Å². The van der Waals surface area contributed by atoms with Crippen molar-refractivity contribution in [2.24, 2.45) is 0 Å². The molecule has 17 heavy (non-hydrogen) atoms. The van der Waals surface area contributed by atoms with Gasteiger partial charge in [0.05, 0.1) is 0 Å². The number of ether oxygens (including phenoxy) is 1. The number of hydrogen-bond donors (Lipinski definition) is 0. The molecule has 0 unspecified atom stereocenters. The molecule has 1 amide bonds. The fourth-order valence-electron chi connectivity index (χ4n) is 1.96. The maximum Gasteiger partial charge on any atom is 0.260 e. The molecule has 1 aromatic carbocycles. The summed E-state index contributed by atoms with van der Waals surface area (Å²) in [5, 5.41) is 0. The summed E-state index contributed by atoms with van der Waals surface area (Å²) in [6.45, 7) is 4.95. The summed E-state index contributed by atoms with van der Waals surface area (Å²) in [6.07, 6.45) is 2.29. The molecule has 1 aliphatic rings. The van der Waals surface area contributed by atoms with E-state index < -0.39 is 0 Å². The molecule has 0 heterocycles. The van der Waals surface area contributed by atoms with Crippen LogP contribution in [0.15, 0.2) is 24.3 Å². The Balaban J connectivity index is 1.86. The third kappa shape index (κ3) is 3.22. The number of aryl methyl sites for hydroxylation is 1. The van der Waals surface area contributed by atoms with Gasteiger partial charge in [0.1, 0.15) is 5.75 Å². The highest BCUT2D eigenvalue weighted by Gasteiger charge is 2.31. The van der Waals surface area contributed by atoms with Gasteiger partial charge in [-0.25, -0.2) is 0 Å². The zero-order valence-corrected chi connectivity index (χ0v) is 10.5. The number of likely N-dealkylation sites (N-methyl/N-ethyl adjacent to an activating group) is 1. The van der Waals surface area contributed by atoms with Crippen LogP contribution in [0.5, 0.6) is 5.75 Å². The molecule has 0 radical (unpaired) electrons. The van der Waals surface area contributed by atoms with Gasteiger partial charge in [-0.05, 0) is 44.4 Å². The molecule has 0 atom stereocenters. The molecule has 0 aliphatic heterocycles. The summed E-state index contributed by atoms with van der Waals surface area (Å²) in [5.41, 5.74) is 1.14. The van der Waals surface area contributed by atoms with Crippen molar-refractivity contribution in [2.45, 2.75) is 32.7 Å². The summed E-state index contributed by atoms with van der Waals surface area (Å²) in [4.78, 5) is 13.8. The first-order valence-electron chi connectivity index (χ1n) is 6.19. The first-order chi connectivity index (χ1) is 8.20. The van der Waals surface area contributed by atoms with Gasteiger partial charge in [0.25, 0.3) is 5.91 Å². The Hall–Kier alpha value is -1.51. The van der Waals surface area contributed by atoms with E-state index in [1.54, 1.807) is 0 Å². The van der Waals surface area contributed by atoms with Crippen molar-refractivity contribution in [1.29, 1.82) is 0 Å². The Morgan fingerprint density at radius 3 is 2.82 bits per heavy atom. The summed E-state index contributed by atoms with van der Waals surface area (Å²) in [6, 6.07) is 8.24. The molecule has 1 aliphatic carbocycles. The summed E-state index contributed by atoms with van der Waals surface area (Å²) >= 11 is 0. The summed E-state index contributed by atoms with van der Waals surface area (Å²) < 4.78 is 5.52. The van der Waals surface area contributed by atoms with Crippen LogP contribution in [0.2, 0.25) is 0 Å². The minimum atomic E-state index is 0.0940. The first kappa shape index (κ1) is 12.0. The van der Waals surface area contributed by atoms with Crippen LogP contribution in [0, 0.1) is 6.92 Å². The van der Waals surface area contributed by atoms with Gasteiger partial charge in [0, 0.05) is 12.6 Å². The fourth-order valence-corrected chi connectivity index (χ4v) is 1.96. The number of nitrogens with zero attached hydrogens (tertiary/aromatic N) is 1. The smallest absolute Gasteiger partial charge is 0.260 e.